The van der Waals surface area contributed by atoms with Gasteiger partial charge in [0.05, 0.1) is 0 Å². The van der Waals surface area contributed by atoms with Gasteiger partial charge in [0.15, 0.2) is 16.7 Å². The molecule has 0 saturated heterocycles. The molecule has 0 amide bonds. The minimum atomic E-state index is -0.619. The summed E-state index contributed by atoms with van der Waals surface area (Å²) in [6.45, 7) is 0. The number of rotatable bonds is 2. The molecule has 0 atom stereocenters. The van der Waals surface area contributed by atoms with Crippen LogP contribution in [0.2, 0.25) is 10.2 Å². The third-order valence-corrected chi connectivity index (χ3v) is 2.44. The van der Waals surface area contributed by atoms with E-state index >= 15 is 0 Å². The average Bonchev–Trinajstić information content (AvgIpc) is 2.28. The Morgan fingerprint density at radius 1 is 1.24 bits per heavy atom. The zero-order valence-corrected chi connectivity index (χ0v) is 9.84. The monoisotopic (exact) mass is 273 g/mol. The molecule has 2 rings (SSSR count). The summed E-state index contributed by atoms with van der Waals surface area (Å²) in [7, 11) is 0. The van der Waals surface area contributed by atoms with Gasteiger partial charge in [0.2, 0.25) is 5.88 Å². The summed E-state index contributed by atoms with van der Waals surface area (Å²) in [6.07, 6.45) is 1.17. The summed E-state index contributed by atoms with van der Waals surface area (Å²) in [6, 6.07) is 3.97. The largest absolute Gasteiger partial charge is 0.434 e. The molecule has 1 aromatic heterocycles. The first kappa shape index (κ1) is 11.9. The van der Waals surface area contributed by atoms with Crippen molar-refractivity contribution >= 4 is 28.9 Å². The van der Waals surface area contributed by atoms with Crippen molar-refractivity contribution in [2.45, 2.75) is 0 Å². The first-order chi connectivity index (χ1) is 8.08. The van der Waals surface area contributed by atoms with E-state index in [9.17, 15) is 4.39 Å². The Hall–Kier alpha value is -1.59. The first-order valence-corrected chi connectivity index (χ1v) is 5.22. The molecule has 88 valence electrons. The fourth-order valence-corrected chi connectivity index (χ4v) is 1.39. The van der Waals surface area contributed by atoms with Crippen LogP contribution >= 0.6 is 23.2 Å². The highest BCUT2D eigenvalue weighted by molar-refractivity contribution is 6.32. The Labute approximate surface area is 106 Å². The highest BCUT2D eigenvalue weighted by Gasteiger charge is 2.11. The summed E-state index contributed by atoms with van der Waals surface area (Å²) in [4.78, 5) is 7.41. The number of hydrogen-bond acceptors (Lipinski definition) is 4. The van der Waals surface area contributed by atoms with E-state index in [0.717, 1.165) is 6.07 Å². The highest BCUT2D eigenvalue weighted by Crippen LogP contribution is 2.31. The number of nitrogens with two attached hydrogens (primary N) is 1. The van der Waals surface area contributed by atoms with Crippen LogP contribution in [0, 0.1) is 5.82 Å². The zero-order chi connectivity index (χ0) is 12.4. The first-order valence-electron chi connectivity index (χ1n) is 4.47. The summed E-state index contributed by atoms with van der Waals surface area (Å²) in [5.41, 5.74) is 5.62. The van der Waals surface area contributed by atoms with Crippen molar-refractivity contribution in [1.29, 1.82) is 0 Å². The van der Waals surface area contributed by atoms with E-state index in [4.69, 9.17) is 33.7 Å². The lowest BCUT2D eigenvalue weighted by Gasteiger charge is -2.08. The van der Waals surface area contributed by atoms with E-state index in [0.29, 0.717) is 0 Å². The summed E-state index contributed by atoms with van der Waals surface area (Å²) in [5, 5.41) is 0.313. The molecule has 1 heterocycles. The van der Waals surface area contributed by atoms with Crippen LogP contribution in [0.15, 0.2) is 24.5 Å². The minimum absolute atomic E-state index is 0.00813. The fraction of sp³-hybridized carbons (Fsp3) is 0. The van der Waals surface area contributed by atoms with Gasteiger partial charge in [-0.05, 0) is 18.2 Å². The number of anilines is 1. The van der Waals surface area contributed by atoms with Crippen molar-refractivity contribution in [3.05, 3.63) is 40.5 Å². The van der Waals surface area contributed by atoms with E-state index in [1.807, 2.05) is 0 Å². The number of hydrogen-bond donors (Lipinski definition) is 1. The van der Waals surface area contributed by atoms with Crippen LogP contribution < -0.4 is 10.5 Å². The molecule has 17 heavy (non-hydrogen) atoms. The van der Waals surface area contributed by atoms with Crippen LogP contribution in [0.3, 0.4) is 0 Å². The van der Waals surface area contributed by atoms with Crippen LogP contribution in [-0.2, 0) is 0 Å². The van der Waals surface area contributed by atoms with Crippen molar-refractivity contribution < 1.29 is 9.13 Å². The van der Waals surface area contributed by atoms with Crippen LogP contribution in [0.25, 0.3) is 0 Å². The Balaban J connectivity index is 2.35. The van der Waals surface area contributed by atoms with Gasteiger partial charge in [-0.15, -0.1) is 0 Å². The van der Waals surface area contributed by atoms with Crippen molar-refractivity contribution in [3.8, 4) is 11.6 Å². The molecule has 0 unspecified atom stereocenters. The molecule has 2 N–H and O–H groups in total. The highest BCUT2D eigenvalue weighted by atomic mass is 35.5. The fourth-order valence-electron chi connectivity index (χ4n) is 1.10. The maximum Gasteiger partial charge on any atom is 0.247 e. The minimum Gasteiger partial charge on any atom is -0.434 e. The van der Waals surface area contributed by atoms with E-state index in [1.54, 1.807) is 0 Å². The van der Waals surface area contributed by atoms with Gasteiger partial charge in [-0.2, -0.15) is 4.98 Å². The van der Waals surface area contributed by atoms with Crippen LogP contribution in [-0.4, -0.2) is 9.97 Å². The topological polar surface area (TPSA) is 61.0 Å². The third kappa shape index (κ3) is 2.57. The maximum atomic E-state index is 13.4. The standard InChI is InChI=1S/C10H6Cl2FN3O/c11-5-1-2-7(6(13)3-5)17-10-8(14)9(12)15-4-16-10/h1-4H,14H2. The van der Waals surface area contributed by atoms with Gasteiger partial charge >= 0.3 is 0 Å². The Morgan fingerprint density at radius 2 is 2.00 bits per heavy atom. The van der Waals surface area contributed by atoms with Gasteiger partial charge in [-0.25, -0.2) is 9.37 Å². The number of nitrogen functional groups attached to an aromatic ring is 1. The summed E-state index contributed by atoms with van der Waals surface area (Å²) in [5.74, 6) is -0.672. The predicted molar refractivity (Wildman–Crippen MR) is 62.9 cm³/mol. The number of nitrogens with zero attached hydrogens (tertiary/aromatic N) is 2. The average molecular weight is 274 g/mol. The third-order valence-electron chi connectivity index (χ3n) is 1.90. The molecule has 7 heteroatoms. The van der Waals surface area contributed by atoms with Crippen LogP contribution in [0.1, 0.15) is 0 Å². The van der Waals surface area contributed by atoms with Gasteiger partial charge in [0.25, 0.3) is 0 Å². The second kappa shape index (κ2) is 4.73. The smallest absolute Gasteiger partial charge is 0.247 e. The predicted octanol–water partition coefficient (Wildman–Crippen LogP) is 3.30. The second-order valence-corrected chi connectivity index (χ2v) is 3.85. The second-order valence-electron chi connectivity index (χ2n) is 3.06. The van der Waals surface area contributed by atoms with E-state index in [1.165, 1.54) is 18.5 Å². The zero-order valence-electron chi connectivity index (χ0n) is 8.32. The van der Waals surface area contributed by atoms with Crippen LogP contribution in [0.5, 0.6) is 11.6 Å². The van der Waals surface area contributed by atoms with Crippen molar-refractivity contribution in [2.75, 3.05) is 5.73 Å². The van der Waals surface area contributed by atoms with E-state index in [-0.39, 0.29) is 27.5 Å². The van der Waals surface area contributed by atoms with Crippen molar-refractivity contribution in [2.24, 2.45) is 0 Å². The van der Waals surface area contributed by atoms with Gasteiger partial charge in [0.1, 0.15) is 12.0 Å². The molecule has 0 fully saturated rings. The number of aromatic nitrogens is 2. The quantitative estimate of drug-likeness (QED) is 0.853. The lowest BCUT2D eigenvalue weighted by atomic mass is 10.3. The molecule has 0 radical (unpaired) electrons. The van der Waals surface area contributed by atoms with E-state index in [2.05, 4.69) is 9.97 Å². The van der Waals surface area contributed by atoms with Crippen molar-refractivity contribution in [1.82, 2.24) is 9.97 Å². The number of benzene rings is 1. The molecule has 0 aliphatic heterocycles. The Kier molecular flexibility index (Phi) is 3.31. The lowest BCUT2D eigenvalue weighted by Crippen LogP contribution is -1.98. The maximum absolute atomic E-state index is 13.4. The lowest BCUT2D eigenvalue weighted by molar-refractivity contribution is 0.428. The van der Waals surface area contributed by atoms with Crippen molar-refractivity contribution in [3.63, 3.8) is 0 Å². The molecular weight excluding hydrogens is 268 g/mol. The molecule has 4 nitrogen and oxygen atoms in total. The molecular formula is C10H6Cl2FN3O. The summed E-state index contributed by atoms with van der Waals surface area (Å²) < 4.78 is 18.6. The molecule has 0 aliphatic carbocycles. The summed E-state index contributed by atoms with van der Waals surface area (Å²) >= 11 is 11.3. The molecule has 0 saturated carbocycles. The number of halogens is 3. The normalized spacial score (nSPS) is 10.3. The van der Waals surface area contributed by atoms with Gasteiger partial charge in [0, 0.05) is 5.02 Å². The SMILES string of the molecule is Nc1c(Cl)ncnc1Oc1ccc(Cl)cc1F. The molecule has 1 aromatic carbocycles. The van der Waals surface area contributed by atoms with Gasteiger partial charge < -0.3 is 10.5 Å². The number of ether oxygens (including phenoxy) is 1. The molecule has 0 aliphatic rings. The van der Waals surface area contributed by atoms with Crippen LogP contribution in [0.4, 0.5) is 10.1 Å². The van der Waals surface area contributed by atoms with Gasteiger partial charge in [-0.3, -0.25) is 0 Å². The molecule has 0 bridgehead atoms. The molecule has 0 spiro atoms. The van der Waals surface area contributed by atoms with E-state index < -0.39 is 5.82 Å². The van der Waals surface area contributed by atoms with Gasteiger partial charge in [-0.1, -0.05) is 23.2 Å². The molecule has 2 aromatic rings. The Bertz CT molecular complexity index is 565. The Morgan fingerprint density at radius 3 is 2.71 bits per heavy atom.